The third kappa shape index (κ3) is 2.52. The van der Waals surface area contributed by atoms with Crippen molar-refractivity contribution >= 4 is 27.4 Å². The number of rotatable bonds is 5. The Morgan fingerprint density at radius 2 is 2.29 bits per heavy atom. The first-order valence-electron chi connectivity index (χ1n) is 4.92. The van der Waals surface area contributed by atoms with E-state index in [1.807, 2.05) is 0 Å². The quantitative estimate of drug-likeness (QED) is 0.639. The number of carbonyl (C=O) groups is 1. The molecule has 1 rings (SSSR count). The Morgan fingerprint density at radius 3 is 2.65 bits per heavy atom. The van der Waals surface area contributed by atoms with Crippen molar-refractivity contribution in [3.63, 3.8) is 0 Å². The van der Waals surface area contributed by atoms with Gasteiger partial charge in [0.2, 0.25) is 0 Å². The topological polar surface area (TPSA) is 96.6 Å². The second kappa shape index (κ2) is 4.66. The predicted molar refractivity (Wildman–Crippen MR) is 63.5 cm³/mol. The van der Waals surface area contributed by atoms with Gasteiger partial charge in [0.15, 0.2) is 5.13 Å². The molecule has 1 aromatic rings. The fourth-order valence-electron chi connectivity index (χ4n) is 1.35. The Bertz CT molecular complexity index is 443. The zero-order chi connectivity index (χ0) is 13.2. The van der Waals surface area contributed by atoms with Gasteiger partial charge in [-0.1, -0.05) is 0 Å². The maximum absolute atomic E-state index is 11.1. The molecule has 0 amide bonds. The van der Waals surface area contributed by atoms with E-state index < -0.39 is 16.4 Å². The fraction of sp³-hybridized carbons (Fsp3) is 0.556. The molecular formula is C9H13N3O4S. The van der Waals surface area contributed by atoms with E-state index in [1.165, 1.54) is 18.7 Å². The summed E-state index contributed by atoms with van der Waals surface area (Å²) in [5, 5.41) is 19.9. The molecule has 0 atom stereocenters. The highest BCUT2D eigenvalue weighted by molar-refractivity contribution is 7.18. The van der Waals surface area contributed by atoms with Gasteiger partial charge in [-0.15, -0.1) is 0 Å². The van der Waals surface area contributed by atoms with Crippen LogP contribution in [0.3, 0.4) is 0 Å². The van der Waals surface area contributed by atoms with Crippen molar-refractivity contribution in [3.8, 4) is 0 Å². The number of carboxylic acids is 1. The van der Waals surface area contributed by atoms with Gasteiger partial charge in [-0.05, 0) is 32.1 Å². The second-order valence-electron chi connectivity index (χ2n) is 3.85. The van der Waals surface area contributed by atoms with E-state index in [9.17, 15) is 14.9 Å². The molecule has 0 spiro atoms. The summed E-state index contributed by atoms with van der Waals surface area (Å²) in [4.78, 5) is 26.6. The van der Waals surface area contributed by atoms with Crippen LogP contribution < -0.4 is 4.90 Å². The molecule has 0 unspecified atom stereocenters. The Morgan fingerprint density at radius 1 is 1.71 bits per heavy atom. The fourth-order valence-corrected chi connectivity index (χ4v) is 2.29. The van der Waals surface area contributed by atoms with Gasteiger partial charge in [-0.2, -0.15) is 0 Å². The van der Waals surface area contributed by atoms with Gasteiger partial charge in [0.25, 0.3) is 0 Å². The molecule has 0 aliphatic heterocycles. The van der Waals surface area contributed by atoms with Crippen LogP contribution in [0.4, 0.5) is 10.1 Å². The minimum Gasteiger partial charge on any atom is -0.480 e. The van der Waals surface area contributed by atoms with Gasteiger partial charge in [0.05, 0.1) is 4.92 Å². The minimum absolute atomic E-state index is 0.0976. The van der Waals surface area contributed by atoms with Crippen LogP contribution in [0.25, 0.3) is 0 Å². The van der Waals surface area contributed by atoms with Crippen LogP contribution in [0, 0.1) is 10.1 Å². The molecule has 0 aliphatic rings. The van der Waals surface area contributed by atoms with Crippen molar-refractivity contribution in [2.24, 2.45) is 0 Å². The number of nitro groups is 1. The molecule has 0 radical (unpaired) electrons. The number of carboxylic acid groups (broad SMARTS) is 1. The summed E-state index contributed by atoms with van der Waals surface area (Å²) in [6, 6.07) is 0. The van der Waals surface area contributed by atoms with Crippen molar-refractivity contribution in [3.05, 3.63) is 16.3 Å². The molecule has 1 N–H and O–H groups in total. The van der Waals surface area contributed by atoms with Crippen LogP contribution in [0.15, 0.2) is 6.20 Å². The predicted octanol–water partition coefficient (Wildman–Crippen LogP) is 1.74. The summed E-state index contributed by atoms with van der Waals surface area (Å²) < 4.78 is 0. The van der Waals surface area contributed by atoms with Crippen molar-refractivity contribution in [2.75, 3.05) is 11.4 Å². The highest BCUT2D eigenvalue weighted by Gasteiger charge is 2.36. The Kier molecular flexibility index (Phi) is 3.66. The summed E-state index contributed by atoms with van der Waals surface area (Å²) in [6.45, 7) is 5.25. The maximum atomic E-state index is 11.1. The number of anilines is 1. The molecule has 8 heteroatoms. The summed E-state index contributed by atoms with van der Waals surface area (Å²) in [7, 11) is 0. The number of nitrogens with zero attached hydrogens (tertiary/aromatic N) is 3. The standard InChI is InChI=1S/C9H13N3O4S/c1-4-11(9(2,3)7(13)14)8-10-5-6(17-8)12(15)16/h5H,4H2,1-3H3,(H,13,14). The first kappa shape index (κ1) is 13.4. The number of hydrogen-bond acceptors (Lipinski definition) is 6. The SMILES string of the molecule is CCN(c1ncc([N+](=O)[O-])s1)C(C)(C)C(=O)O. The Labute approximate surface area is 102 Å². The van der Waals surface area contributed by atoms with E-state index in [2.05, 4.69) is 4.98 Å². The van der Waals surface area contributed by atoms with E-state index in [-0.39, 0.29) is 5.00 Å². The molecule has 0 aliphatic carbocycles. The molecule has 94 valence electrons. The summed E-state index contributed by atoms with van der Waals surface area (Å²) in [6.07, 6.45) is 1.14. The Balaban J connectivity index is 3.09. The maximum Gasteiger partial charge on any atom is 0.345 e. The van der Waals surface area contributed by atoms with E-state index in [1.54, 1.807) is 6.92 Å². The zero-order valence-electron chi connectivity index (χ0n) is 9.71. The molecule has 0 aromatic carbocycles. The van der Waals surface area contributed by atoms with Crippen LogP contribution in [0.2, 0.25) is 0 Å². The second-order valence-corrected chi connectivity index (χ2v) is 4.83. The largest absolute Gasteiger partial charge is 0.480 e. The van der Waals surface area contributed by atoms with E-state index in [4.69, 9.17) is 5.11 Å². The number of thiazole rings is 1. The molecule has 0 fully saturated rings. The van der Waals surface area contributed by atoms with Gasteiger partial charge in [-0.3, -0.25) is 10.1 Å². The lowest BCUT2D eigenvalue weighted by Crippen LogP contribution is -2.50. The molecular weight excluding hydrogens is 246 g/mol. The van der Waals surface area contributed by atoms with Crippen LogP contribution in [-0.4, -0.2) is 33.1 Å². The Hall–Kier alpha value is -1.70. The van der Waals surface area contributed by atoms with Crippen LogP contribution in [0.1, 0.15) is 20.8 Å². The van der Waals surface area contributed by atoms with Crippen LogP contribution in [-0.2, 0) is 4.79 Å². The molecule has 0 saturated heterocycles. The van der Waals surface area contributed by atoms with Gasteiger partial charge >= 0.3 is 11.0 Å². The van der Waals surface area contributed by atoms with Crippen LogP contribution >= 0.6 is 11.3 Å². The molecule has 0 saturated carbocycles. The minimum atomic E-state index is -1.15. The van der Waals surface area contributed by atoms with Gasteiger partial charge in [0, 0.05) is 6.54 Å². The summed E-state index contributed by atoms with van der Waals surface area (Å²) in [5.74, 6) is -1.00. The zero-order valence-corrected chi connectivity index (χ0v) is 10.5. The van der Waals surface area contributed by atoms with Crippen molar-refractivity contribution in [1.29, 1.82) is 0 Å². The number of likely N-dealkylation sites (N-methyl/N-ethyl adjacent to an activating group) is 1. The average Bonchev–Trinajstić information content (AvgIpc) is 2.67. The van der Waals surface area contributed by atoms with Crippen molar-refractivity contribution in [1.82, 2.24) is 4.98 Å². The highest BCUT2D eigenvalue weighted by Crippen LogP contribution is 2.32. The highest BCUT2D eigenvalue weighted by atomic mass is 32.1. The monoisotopic (exact) mass is 259 g/mol. The van der Waals surface area contributed by atoms with Gasteiger partial charge in [-0.25, -0.2) is 9.78 Å². The molecule has 17 heavy (non-hydrogen) atoms. The van der Waals surface area contributed by atoms with Gasteiger partial charge < -0.3 is 10.0 Å². The van der Waals surface area contributed by atoms with Gasteiger partial charge in [0.1, 0.15) is 11.7 Å². The molecule has 7 nitrogen and oxygen atoms in total. The first-order valence-corrected chi connectivity index (χ1v) is 5.73. The molecule has 1 heterocycles. The molecule has 0 bridgehead atoms. The smallest absolute Gasteiger partial charge is 0.345 e. The lowest BCUT2D eigenvalue weighted by molar-refractivity contribution is -0.380. The third-order valence-electron chi connectivity index (χ3n) is 2.41. The van der Waals surface area contributed by atoms with Crippen molar-refractivity contribution in [2.45, 2.75) is 26.3 Å². The third-order valence-corrected chi connectivity index (χ3v) is 3.38. The van der Waals surface area contributed by atoms with E-state index in [0.717, 1.165) is 17.5 Å². The number of aliphatic carboxylic acids is 1. The number of aromatic nitrogens is 1. The average molecular weight is 259 g/mol. The first-order chi connectivity index (χ1) is 7.80. The lowest BCUT2D eigenvalue weighted by atomic mass is 10.0. The molecule has 1 aromatic heterocycles. The summed E-state index contributed by atoms with van der Waals surface area (Å²) >= 11 is 0.870. The summed E-state index contributed by atoms with van der Waals surface area (Å²) in [5.41, 5.74) is -1.15. The number of hydrogen-bond donors (Lipinski definition) is 1. The van der Waals surface area contributed by atoms with Crippen molar-refractivity contribution < 1.29 is 14.8 Å². The van der Waals surface area contributed by atoms with E-state index >= 15 is 0 Å². The van der Waals surface area contributed by atoms with Crippen LogP contribution in [0.5, 0.6) is 0 Å². The van der Waals surface area contributed by atoms with E-state index in [0.29, 0.717) is 11.7 Å². The lowest BCUT2D eigenvalue weighted by Gasteiger charge is -2.33. The normalized spacial score (nSPS) is 11.2.